The second-order valence-corrected chi connectivity index (χ2v) is 3.99. The molecule has 0 bridgehead atoms. The van der Waals surface area contributed by atoms with Crippen LogP contribution in [0, 0.1) is 0 Å². The highest BCUT2D eigenvalue weighted by molar-refractivity contribution is 5.76. The number of benzene rings is 1. The fraction of sp³-hybridized carbons (Fsp3) is 0.462. The lowest BCUT2D eigenvalue weighted by atomic mass is 10.3. The number of ether oxygens (including phenoxy) is 2. The van der Waals surface area contributed by atoms with Crippen LogP contribution in [0.15, 0.2) is 24.3 Å². The summed E-state index contributed by atoms with van der Waals surface area (Å²) in [5.74, 6) is 0.545. The standard InChI is InChI=1S/C13H20N2O3/c1-10(17-2)9-15-13(16)7-8-18-12-6-4-3-5-11(12)14/h3-6,10H,7-9,14H2,1-2H3,(H,15,16). The van der Waals surface area contributed by atoms with E-state index >= 15 is 0 Å². The van der Waals surface area contributed by atoms with Gasteiger partial charge in [-0.1, -0.05) is 12.1 Å². The van der Waals surface area contributed by atoms with Gasteiger partial charge in [0.1, 0.15) is 5.75 Å². The average molecular weight is 252 g/mol. The molecule has 1 atom stereocenters. The summed E-state index contributed by atoms with van der Waals surface area (Å²) in [5, 5.41) is 2.76. The minimum atomic E-state index is -0.0617. The molecule has 18 heavy (non-hydrogen) atoms. The first-order valence-corrected chi connectivity index (χ1v) is 5.90. The molecule has 0 aromatic heterocycles. The van der Waals surface area contributed by atoms with Crippen LogP contribution in [0.2, 0.25) is 0 Å². The third kappa shape index (κ3) is 5.05. The van der Waals surface area contributed by atoms with E-state index in [0.717, 1.165) is 0 Å². The van der Waals surface area contributed by atoms with Crippen LogP contribution in [0.1, 0.15) is 13.3 Å². The zero-order chi connectivity index (χ0) is 13.4. The normalized spacial score (nSPS) is 11.9. The average Bonchev–Trinajstić information content (AvgIpc) is 2.38. The Morgan fingerprint density at radius 1 is 1.44 bits per heavy atom. The van der Waals surface area contributed by atoms with Gasteiger partial charge in [-0.3, -0.25) is 4.79 Å². The van der Waals surface area contributed by atoms with E-state index in [4.69, 9.17) is 15.2 Å². The molecule has 0 radical (unpaired) electrons. The van der Waals surface area contributed by atoms with Crippen LogP contribution < -0.4 is 15.8 Å². The van der Waals surface area contributed by atoms with Crippen LogP contribution >= 0.6 is 0 Å². The van der Waals surface area contributed by atoms with E-state index in [2.05, 4.69) is 5.32 Å². The number of rotatable bonds is 7. The van der Waals surface area contributed by atoms with Crippen LogP contribution in [-0.4, -0.2) is 32.3 Å². The van der Waals surface area contributed by atoms with E-state index in [1.165, 1.54) is 0 Å². The SMILES string of the molecule is COC(C)CNC(=O)CCOc1ccccc1N. The molecule has 0 spiro atoms. The predicted molar refractivity (Wildman–Crippen MR) is 70.4 cm³/mol. The highest BCUT2D eigenvalue weighted by Crippen LogP contribution is 2.19. The van der Waals surface area contributed by atoms with Crippen molar-refractivity contribution in [2.24, 2.45) is 0 Å². The molecule has 0 saturated heterocycles. The van der Waals surface area contributed by atoms with Gasteiger partial charge in [-0.25, -0.2) is 0 Å². The maximum absolute atomic E-state index is 11.5. The minimum Gasteiger partial charge on any atom is -0.491 e. The van der Waals surface area contributed by atoms with Gasteiger partial charge in [-0.2, -0.15) is 0 Å². The first-order valence-electron chi connectivity index (χ1n) is 5.90. The van der Waals surface area contributed by atoms with Crippen molar-refractivity contribution < 1.29 is 14.3 Å². The van der Waals surface area contributed by atoms with E-state index in [9.17, 15) is 4.79 Å². The van der Waals surface area contributed by atoms with Gasteiger partial charge in [-0.15, -0.1) is 0 Å². The molecule has 5 heteroatoms. The van der Waals surface area contributed by atoms with Gasteiger partial charge in [-0.05, 0) is 19.1 Å². The van der Waals surface area contributed by atoms with Gasteiger partial charge in [0.05, 0.1) is 24.8 Å². The first-order chi connectivity index (χ1) is 8.63. The molecule has 1 rings (SSSR count). The summed E-state index contributed by atoms with van der Waals surface area (Å²) in [6, 6.07) is 7.21. The highest BCUT2D eigenvalue weighted by atomic mass is 16.5. The van der Waals surface area contributed by atoms with E-state index < -0.39 is 0 Å². The molecular formula is C13H20N2O3. The van der Waals surface area contributed by atoms with E-state index in [-0.39, 0.29) is 12.0 Å². The summed E-state index contributed by atoms with van der Waals surface area (Å²) in [5.41, 5.74) is 6.29. The molecule has 1 aromatic carbocycles. The van der Waals surface area contributed by atoms with Crippen LogP contribution in [0.4, 0.5) is 5.69 Å². The van der Waals surface area contributed by atoms with Gasteiger partial charge in [0.25, 0.3) is 0 Å². The molecule has 1 aromatic rings. The number of nitrogens with two attached hydrogens (primary N) is 1. The predicted octanol–water partition coefficient (Wildman–Crippen LogP) is 1.19. The summed E-state index contributed by atoms with van der Waals surface area (Å²) in [6.07, 6.45) is 0.310. The second kappa shape index (κ2) is 7.55. The molecule has 0 fully saturated rings. The van der Waals surface area contributed by atoms with Crippen molar-refractivity contribution >= 4 is 11.6 Å². The molecule has 0 aliphatic heterocycles. The lowest BCUT2D eigenvalue weighted by Crippen LogP contribution is -2.32. The van der Waals surface area contributed by atoms with Gasteiger partial charge in [0, 0.05) is 13.7 Å². The van der Waals surface area contributed by atoms with Gasteiger partial charge in [0.2, 0.25) is 5.91 Å². The Balaban J connectivity index is 2.22. The fourth-order valence-corrected chi connectivity index (χ4v) is 1.29. The Kier molecular flexibility index (Phi) is 6.00. The Morgan fingerprint density at radius 3 is 2.83 bits per heavy atom. The topological polar surface area (TPSA) is 73.6 Å². The van der Waals surface area contributed by atoms with Gasteiger partial charge in [0.15, 0.2) is 0 Å². The monoisotopic (exact) mass is 252 g/mol. The summed E-state index contributed by atoms with van der Waals surface area (Å²) < 4.78 is 10.5. The number of nitrogen functional groups attached to an aromatic ring is 1. The van der Waals surface area contributed by atoms with Crippen molar-refractivity contribution in [3.8, 4) is 5.75 Å². The van der Waals surface area contributed by atoms with E-state index in [1.807, 2.05) is 19.1 Å². The van der Waals surface area contributed by atoms with Gasteiger partial charge < -0.3 is 20.5 Å². The maximum atomic E-state index is 11.5. The molecule has 0 aliphatic rings. The van der Waals surface area contributed by atoms with Crippen molar-refractivity contribution in [1.82, 2.24) is 5.32 Å². The molecule has 1 unspecified atom stereocenters. The smallest absolute Gasteiger partial charge is 0.223 e. The van der Waals surface area contributed by atoms with Crippen molar-refractivity contribution in [2.75, 3.05) is 26.0 Å². The third-order valence-electron chi connectivity index (χ3n) is 2.49. The molecule has 0 saturated carbocycles. The number of carbonyl (C=O) groups is 1. The van der Waals surface area contributed by atoms with Crippen LogP contribution in [0.3, 0.4) is 0 Å². The fourth-order valence-electron chi connectivity index (χ4n) is 1.29. The highest BCUT2D eigenvalue weighted by Gasteiger charge is 2.05. The molecule has 3 N–H and O–H groups in total. The third-order valence-corrected chi connectivity index (χ3v) is 2.49. The number of hydrogen-bond donors (Lipinski definition) is 2. The summed E-state index contributed by atoms with van der Waals surface area (Å²) in [4.78, 5) is 11.5. The van der Waals surface area contributed by atoms with Crippen molar-refractivity contribution in [3.05, 3.63) is 24.3 Å². The molecule has 5 nitrogen and oxygen atoms in total. The van der Waals surface area contributed by atoms with Crippen molar-refractivity contribution in [1.29, 1.82) is 0 Å². The Labute approximate surface area is 107 Å². The van der Waals surface area contributed by atoms with E-state index in [0.29, 0.717) is 31.0 Å². The number of hydrogen-bond acceptors (Lipinski definition) is 4. The minimum absolute atomic E-state index is 0.0136. The van der Waals surface area contributed by atoms with Crippen molar-refractivity contribution in [3.63, 3.8) is 0 Å². The zero-order valence-electron chi connectivity index (χ0n) is 10.8. The number of nitrogens with one attached hydrogen (secondary N) is 1. The quantitative estimate of drug-likeness (QED) is 0.715. The van der Waals surface area contributed by atoms with Crippen LogP contribution in [0.25, 0.3) is 0 Å². The number of anilines is 1. The largest absolute Gasteiger partial charge is 0.491 e. The van der Waals surface area contributed by atoms with Gasteiger partial charge >= 0.3 is 0 Å². The molecule has 0 aliphatic carbocycles. The molecule has 1 amide bonds. The number of carbonyl (C=O) groups excluding carboxylic acids is 1. The summed E-state index contributed by atoms with van der Waals surface area (Å²) in [7, 11) is 1.61. The lowest BCUT2D eigenvalue weighted by Gasteiger charge is -2.11. The Hall–Kier alpha value is -1.75. The lowest BCUT2D eigenvalue weighted by molar-refractivity contribution is -0.122. The molecular weight excluding hydrogens is 232 g/mol. The maximum Gasteiger partial charge on any atom is 0.223 e. The Morgan fingerprint density at radius 2 is 2.17 bits per heavy atom. The molecule has 0 heterocycles. The molecule has 100 valence electrons. The summed E-state index contributed by atoms with van der Waals surface area (Å²) in [6.45, 7) is 2.70. The second-order valence-electron chi connectivity index (χ2n) is 3.99. The summed E-state index contributed by atoms with van der Waals surface area (Å²) >= 11 is 0. The van der Waals surface area contributed by atoms with Crippen LogP contribution in [0.5, 0.6) is 5.75 Å². The number of amides is 1. The number of methoxy groups -OCH3 is 1. The first kappa shape index (κ1) is 14.3. The van der Waals surface area contributed by atoms with Crippen molar-refractivity contribution in [2.45, 2.75) is 19.4 Å². The number of para-hydroxylation sites is 2. The Bertz CT molecular complexity index is 382. The zero-order valence-corrected chi connectivity index (χ0v) is 10.8. The van der Waals surface area contributed by atoms with Crippen LogP contribution in [-0.2, 0) is 9.53 Å². The van der Waals surface area contributed by atoms with E-state index in [1.54, 1.807) is 19.2 Å².